The fourth-order valence-electron chi connectivity index (χ4n) is 3.05. The Kier molecular flexibility index (Phi) is 7.05. The summed E-state index contributed by atoms with van der Waals surface area (Å²) in [4.78, 5) is 26.7. The molecule has 0 aliphatic heterocycles. The van der Waals surface area contributed by atoms with E-state index in [1.54, 1.807) is 43.3 Å². The zero-order valence-corrected chi connectivity index (χ0v) is 17.1. The topological polar surface area (TPSA) is 70.7 Å². The molecule has 0 saturated heterocycles. The number of benzene rings is 3. The van der Waals surface area contributed by atoms with Crippen LogP contribution in [0.2, 0.25) is 0 Å². The van der Waals surface area contributed by atoms with Crippen molar-refractivity contribution in [1.29, 1.82) is 0 Å². The van der Waals surface area contributed by atoms with Crippen molar-refractivity contribution in [3.05, 3.63) is 90.0 Å². The predicted molar refractivity (Wildman–Crippen MR) is 119 cm³/mol. The van der Waals surface area contributed by atoms with Crippen LogP contribution in [0.5, 0.6) is 5.75 Å². The minimum absolute atomic E-state index is 0.0759. The quantitative estimate of drug-likeness (QED) is 0.596. The molecule has 3 rings (SSSR count). The van der Waals surface area contributed by atoms with Gasteiger partial charge in [-0.2, -0.15) is 0 Å². The summed E-state index contributed by atoms with van der Waals surface area (Å²) in [6.07, 6.45) is 0. The summed E-state index contributed by atoms with van der Waals surface area (Å²) in [7, 11) is 3.34. The molecule has 2 amide bonds. The lowest BCUT2D eigenvalue weighted by molar-refractivity contribution is -0.114. The first-order valence-electron chi connectivity index (χ1n) is 9.63. The van der Waals surface area contributed by atoms with Crippen LogP contribution in [0.1, 0.15) is 15.9 Å². The molecule has 0 heterocycles. The second-order valence-electron chi connectivity index (χ2n) is 6.83. The summed E-state index contributed by atoms with van der Waals surface area (Å²) in [5.74, 6) is 0.338. The van der Waals surface area contributed by atoms with Crippen molar-refractivity contribution in [2.75, 3.05) is 31.3 Å². The van der Waals surface area contributed by atoms with Crippen molar-refractivity contribution in [2.24, 2.45) is 0 Å². The second kappa shape index (κ2) is 10.1. The smallest absolute Gasteiger partial charge is 0.253 e. The number of nitrogens with zero attached hydrogens (tertiary/aromatic N) is 1. The van der Waals surface area contributed by atoms with Crippen LogP contribution in [-0.4, -0.2) is 37.4 Å². The van der Waals surface area contributed by atoms with E-state index < -0.39 is 0 Å². The van der Waals surface area contributed by atoms with E-state index in [2.05, 4.69) is 10.6 Å². The van der Waals surface area contributed by atoms with Gasteiger partial charge in [-0.15, -0.1) is 0 Å². The third-order valence-electron chi connectivity index (χ3n) is 4.55. The molecule has 30 heavy (non-hydrogen) atoms. The van der Waals surface area contributed by atoms with E-state index in [1.807, 2.05) is 54.6 Å². The van der Waals surface area contributed by atoms with E-state index in [1.165, 1.54) is 0 Å². The Balaban J connectivity index is 1.59. The molecule has 0 fully saturated rings. The highest BCUT2D eigenvalue weighted by Gasteiger charge is 2.13. The Labute approximate surface area is 176 Å². The van der Waals surface area contributed by atoms with Crippen LogP contribution in [0.3, 0.4) is 0 Å². The van der Waals surface area contributed by atoms with Crippen LogP contribution in [0.4, 0.5) is 11.4 Å². The summed E-state index contributed by atoms with van der Waals surface area (Å²) >= 11 is 0. The van der Waals surface area contributed by atoms with Crippen LogP contribution >= 0.6 is 0 Å². The van der Waals surface area contributed by atoms with Gasteiger partial charge >= 0.3 is 0 Å². The van der Waals surface area contributed by atoms with Crippen molar-refractivity contribution in [3.63, 3.8) is 0 Å². The van der Waals surface area contributed by atoms with Crippen molar-refractivity contribution in [3.8, 4) is 5.75 Å². The van der Waals surface area contributed by atoms with Crippen LogP contribution in [0, 0.1) is 0 Å². The number of hydrogen-bond donors (Lipinski definition) is 2. The zero-order valence-electron chi connectivity index (χ0n) is 17.1. The first-order valence-corrected chi connectivity index (χ1v) is 9.63. The van der Waals surface area contributed by atoms with E-state index in [0.717, 1.165) is 11.3 Å². The zero-order chi connectivity index (χ0) is 21.3. The maximum Gasteiger partial charge on any atom is 0.253 e. The summed E-state index contributed by atoms with van der Waals surface area (Å²) in [5.41, 5.74) is 2.88. The molecule has 6 heteroatoms. The monoisotopic (exact) mass is 403 g/mol. The number of para-hydroxylation sites is 2. The van der Waals surface area contributed by atoms with Gasteiger partial charge in [0, 0.05) is 24.8 Å². The van der Waals surface area contributed by atoms with Gasteiger partial charge in [0.05, 0.1) is 19.3 Å². The van der Waals surface area contributed by atoms with Gasteiger partial charge in [-0.3, -0.25) is 9.59 Å². The highest BCUT2D eigenvalue weighted by atomic mass is 16.5. The molecule has 154 valence electrons. The van der Waals surface area contributed by atoms with E-state index in [9.17, 15) is 9.59 Å². The average molecular weight is 403 g/mol. The lowest BCUT2D eigenvalue weighted by Crippen LogP contribution is -2.26. The van der Waals surface area contributed by atoms with Gasteiger partial charge in [0.25, 0.3) is 5.91 Å². The Hall–Kier alpha value is -3.80. The molecule has 0 aliphatic carbocycles. The molecule has 2 N–H and O–H groups in total. The van der Waals surface area contributed by atoms with Gasteiger partial charge in [-0.05, 0) is 35.9 Å². The number of nitrogens with one attached hydrogen (secondary N) is 2. The first kappa shape index (κ1) is 20.9. The Morgan fingerprint density at radius 3 is 2.43 bits per heavy atom. The molecule has 0 aromatic heterocycles. The van der Waals surface area contributed by atoms with Crippen LogP contribution in [-0.2, 0) is 11.3 Å². The lowest BCUT2D eigenvalue weighted by atomic mass is 10.1. The Morgan fingerprint density at radius 1 is 0.933 bits per heavy atom. The minimum atomic E-state index is -0.219. The van der Waals surface area contributed by atoms with Crippen molar-refractivity contribution < 1.29 is 14.3 Å². The molecule has 0 atom stereocenters. The second-order valence-corrected chi connectivity index (χ2v) is 6.83. The van der Waals surface area contributed by atoms with Crippen molar-refractivity contribution in [2.45, 2.75) is 6.54 Å². The fourth-order valence-corrected chi connectivity index (χ4v) is 3.05. The standard InChI is InChI=1S/C24H25N3O3/c1-27(17-18-9-4-3-5-10-18)24(29)19-11-8-12-20(15-19)26-23(28)16-25-21-13-6-7-14-22(21)30-2/h3-15,25H,16-17H2,1-2H3,(H,26,28). The van der Waals surface area contributed by atoms with Crippen molar-refractivity contribution in [1.82, 2.24) is 4.90 Å². The summed E-state index contributed by atoms with van der Waals surface area (Å²) in [6.45, 7) is 0.589. The van der Waals surface area contributed by atoms with Gasteiger partial charge < -0.3 is 20.3 Å². The molecular formula is C24H25N3O3. The third kappa shape index (κ3) is 5.61. The third-order valence-corrected chi connectivity index (χ3v) is 4.55. The molecule has 0 unspecified atom stereocenters. The number of rotatable bonds is 8. The molecule has 0 bridgehead atoms. The van der Waals surface area contributed by atoms with Crippen LogP contribution < -0.4 is 15.4 Å². The molecule has 6 nitrogen and oxygen atoms in total. The van der Waals surface area contributed by atoms with Gasteiger partial charge in [0.1, 0.15) is 5.75 Å². The van der Waals surface area contributed by atoms with Gasteiger partial charge in [-0.25, -0.2) is 0 Å². The molecule has 0 aliphatic rings. The van der Waals surface area contributed by atoms with E-state index in [-0.39, 0.29) is 18.4 Å². The molecule has 0 saturated carbocycles. The van der Waals surface area contributed by atoms with Crippen molar-refractivity contribution >= 4 is 23.2 Å². The molecule has 0 spiro atoms. The average Bonchev–Trinajstić information content (AvgIpc) is 2.78. The van der Waals surface area contributed by atoms with E-state index >= 15 is 0 Å². The maximum absolute atomic E-state index is 12.8. The van der Waals surface area contributed by atoms with Crippen LogP contribution in [0.15, 0.2) is 78.9 Å². The number of amides is 2. The highest BCUT2D eigenvalue weighted by Crippen LogP contribution is 2.22. The highest BCUT2D eigenvalue weighted by molar-refractivity contribution is 5.98. The number of methoxy groups -OCH3 is 1. The van der Waals surface area contributed by atoms with E-state index in [0.29, 0.717) is 23.5 Å². The number of hydrogen-bond acceptors (Lipinski definition) is 4. The number of carbonyl (C=O) groups excluding carboxylic acids is 2. The minimum Gasteiger partial charge on any atom is -0.495 e. The predicted octanol–water partition coefficient (Wildman–Crippen LogP) is 4.02. The molecule has 3 aromatic carbocycles. The maximum atomic E-state index is 12.8. The first-order chi connectivity index (χ1) is 14.6. The molecule has 0 radical (unpaired) electrons. The Morgan fingerprint density at radius 2 is 1.67 bits per heavy atom. The van der Waals surface area contributed by atoms with E-state index in [4.69, 9.17) is 4.74 Å². The fraction of sp³-hybridized carbons (Fsp3) is 0.167. The summed E-state index contributed by atoms with van der Waals surface area (Å²) in [5, 5.41) is 5.88. The number of anilines is 2. The SMILES string of the molecule is COc1ccccc1NCC(=O)Nc1cccc(C(=O)N(C)Cc2ccccc2)c1. The summed E-state index contributed by atoms with van der Waals surface area (Å²) < 4.78 is 5.27. The van der Waals surface area contributed by atoms with Gasteiger partial charge in [-0.1, -0.05) is 48.5 Å². The Bertz CT molecular complexity index is 1010. The van der Waals surface area contributed by atoms with Gasteiger partial charge in [0.15, 0.2) is 0 Å². The van der Waals surface area contributed by atoms with Gasteiger partial charge in [0.2, 0.25) is 5.91 Å². The summed E-state index contributed by atoms with van der Waals surface area (Å²) in [6, 6.07) is 24.1. The molecular weight excluding hydrogens is 378 g/mol. The lowest BCUT2D eigenvalue weighted by Gasteiger charge is -2.18. The van der Waals surface area contributed by atoms with Crippen LogP contribution in [0.25, 0.3) is 0 Å². The number of ether oxygens (including phenoxy) is 1. The normalized spacial score (nSPS) is 10.2. The largest absolute Gasteiger partial charge is 0.495 e. The number of carbonyl (C=O) groups is 2. The molecule has 3 aromatic rings.